The zero-order chi connectivity index (χ0) is 21.4. The molecular weight excluding hydrogens is 452 g/mol. The number of thiazole rings is 1. The second-order valence-electron chi connectivity index (χ2n) is 7.27. The molecule has 0 unspecified atom stereocenters. The second-order valence-corrected chi connectivity index (χ2v) is 10.3. The fraction of sp³-hybridized carbons (Fsp3) is 0.333. The molecule has 0 atom stereocenters. The van der Waals surface area contributed by atoms with Crippen molar-refractivity contribution in [2.45, 2.75) is 37.3 Å². The third-order valence-electron chi connectivity index (χ3n) is 5.31. The zero-order valence-electron chi connectivity index (χ0n) is 16.8. The van der Waals surface area contributed by atoms with Crippen molar-refractivity contribution in [1.82, 2.24) is 14.6 Å². The van der Waals surface area contributed by atoms with Gasteiger partial charge in [-0.2, -0.15) is 0 Å². The van der Waals surface area contributed by atoms with Crippen LogP contribution in [0, 0.1) is 0 Å². The highest BCUT2D eigenvalue weighted by Gasteiger charge is 2.26. The van der Waals surface area contributed by atoms with Crippen LogP contribution in [0.2, 0.25) is 0 Å². The number of rotatable bonds is 5. The Kier molecular flexibility index (Phi) is 5.68. The molecular formula is C21H20N4O3S3. The van der Waals surface area contributed by atoms with Crippen LogP contribution < -0.4 is 5.32 Å². The van der Waals surface area contributed by atoms with Crippen LogP contribution in [0.5, 0.6) is 0 Å². The normalized spacial score (nSPS) is 13.8. The van der Waals surface area contributed by atoms with Gasteiger partial charge in [-0.15, -0.1) is 21.5 Å². The van der Waals surface area contributed by atoms with Crippen LogP contribution in [0.15, 0.2) is 29.4 Å². The Balaban J connectivity index is 1.36. The maximum atomic E-state index is 12.8. The number of thiophene rings is 1. The molecule has 0 aliphatic heterocycles. The van der Waals surface area contributed by atoms with E-state index >= 15 is 0 Å². The van der Waals surface area contributed by atoms with Gasteiger partial charge < -0.3 is 10.1 Å². The topological polar surface area (TPSA) is 85.6 Å². The van der Waals surface area contributed by atoms with Crippen molar-refractivity contribution in [3.8, 4) is 0 Å². The number of para-hydroxylation sites is 1. The number of methoxy groups -OCH3 is 1. The summed E-state index contributed by atoms with van der Waals surface area (Å²) in [6.45, 7) is 0. The van der Waals surface area contributed by atoms with Crippen molar-refractivity contribution in [3.63, 3.8) is 0 Å². The van der Waals surface area contributed by atoms with Gasteiger partial charge in [0, 0.05) is 4.88 Å². The molecule has 1 aliphatic rings. The molecule has 1 amide bonds. The Bertz CT molecular complexity index is 1290. The zero-order valence-corrected chi connectivity index (χ0v) is 19.3. The van der Waals surface area contributed by atoms with Crippen molar-refractivity contribution in [3.05, 3.63) is 40.3 Å². The number of carbonyl (C=O) groups is 2. The summed E-state index contributed by atoms with van der Waals surface area (Å²) in [6.07, 6.45) is 5.11. The number of hydrogen-bond donors (Lipinski definition) is 1. The van der Waals surface area contributed by atoms with Gasteiger partial charge in [0.05, 0.1) is 28.6 Å². The number of carbonyl (C=O) groups excluding carboxylic acids is 2. The summed E-state index contributed by atoms with van der Waals surface area (Å²) in [5.74, 6) is -0.386. The van der Waals surface area contributed by atoms with Crippen molar-refractivity contribution >= 4 is 66.5 Å². The first kappa shape index (κ1) is 20.5. The number of ether oxygens (including phenoxy) is 1. The summed E-state index contributed by atoms with van der Waals surface area (Å²) in [5, 5.41) is 12.7. The van der Waals surface area contributed by atoms with E-state index in [0.29, 0.717) is 15.7 Å². The van der Waals surface area contributed by atoms with Gasteiger partial charge in [-0.1, -0.05) is 41.7 Å². The van der Waals surface area contributed by atoms with Crippen molar-refractivity contribution in [2.24, 2.45) is 0 Å². The minimum atomic E-state index is -0.383. The van der Waals surface area contributed by atoms with Gasteiger partial charge in [0.15, 0.2) is 5.16 Å². The number of thioether (sulfide) groups is 1. The number of nitrogens with zero attached hydrogens (tertiary/aromatic N) is 3. The number of amides is 1. The Morgan fingerprint density at radius 1 is 1.16 bits per heavy atom. The smallest absolute Gasteiger partial charge is 0.341 e. The van der Waals surface area contributed by atoms with E-state index in [1.807, 2.05) is 28.7 Å². The van der Waals surface area contributed by atoms with Crippen LogP contribution in [0.25, 0.3) is 15.2 Å². The fourth-order valence-electron chi connectivity index (χ4n) is 3.89. The molecule has 0 saturated carbocycles. The summed E-state index contributed by atoms with van der Waals surface area (Å²) < 4.78 is 8.12. The molecule has 4 aromatic rings. The Morgan fingerprint density at radius 2 is 2.00 bits per heavy atom. The fourth-order valence-corrected chi connectivity index (χ4v) is 6.95. The molecule has 31 heavy (non-hydrogen) atoms. The Hall–Kier alpha value is -2.43. The molecule has 1 aliphatic carbocycles. The highest BCUT2D eigenvalue weighted by atomic mass is 32.2. The number of benzene rings is 1. The third kappa shape index (κ3) is 3.83. The van der Waals surface area contributed by atoms with E-state index in [0.717, 1.165) is 52.8 Å². The van der Waals surface area contributed by atoms with Crippen LogP contribution in [0.3, 0.4) is 0 Å². The highest BCUT2D eigenvalue weighted by Crippen LogP contribution is 2.38. The summed E-state index contributed by atoms with van der Waals surface area (Å²) in [4.78, 5) is 27.2. The van der Waals surface area contributed by atoms with Crippen LogP contribution in [0.1, 0.15) is 40.1 Å². The lowest BCUT2D eigenvalue weighted by atomic mass is 10.1. The highest BCUT2D eigenvalue weighted by molar-refractivity contribution is 7.99. The SMILES string of the molecule is COC(=O)c1c(NC(=O)CSc2nnc3sc4ccccc4n23)sc2c1CCCCC2. The predicted molar refractivity (Wildman–Crippen MR) is 125 cm³/mol. The first-order chi connectivity index (χ1) is 15.2. The van der Waals surface area contributed by atoms with Gasteiger partial charge in [-0.3, -0.25) is 9.20 Å². The lowest BCUT2D eigenvalue weighted by Crippen LogP contribution is -2.16. The van der Waals surface area contributed by atoms with Gasteiger partial charge in [0.1, 0.15) is 5.00 Å². The molecule has 10 heteroatoms. The van der Waals surface area contributed by atoms with Crippen LogP contribution in [-0.4, -0.2) is 39.3 Å². The molecule has 0 spiro atoms. The van der Waals surface area contributed by atoms with Crippen molar-refractivity contribution in [1.29, 1.82) is 0 Å². The molecule has 0 saturated heterocycles. The van der Waals surface area contributed by atoms with E-state index in [-0.39, 0.29) is 17.6 Å². The van der Waals surface area contributed by atoms with E-state index in [1.54, 1.807) is 11.3 Å². The summed E-state index contributed by atoms with van der Waals surface area (Å²) >= 11 is 4.41. The van der Waals surface area contributed by atoms with Gasteiger partial charge >= 0.3 is 5.97 Å². The average Bonchev–Trinajstić information content (AvgIpc) is 3.38. The van der Waals surface area contributed by atoms with Crippen LogP contribution in [-0.2, 0) is 22.4 Å². The number of aromatic nitrogens is 3. The molecule has 1 aromatic carbocycles. The lowest BCUT2D eigenvalue weighted by molar-refractivity contribution is -0.113. The summed E-state index contributed by atoms with van der Waals surface area (Å²) in [7, 11) is 1.38. The number of anilines is 1. The third-order valence-corrected chi connectivity index (χ3v) is 8.46. The maximum absolute atomic E-state index is 12.8. The average molecular weight is 473 g/mol. The Morgan fingerprint density at radius 3 is 2.87 bits per heavy atom. The van der Waals surface area contributed by atoms with Gasteiger partial charge in [0.25, 0.3) is 0 Å². The molecule has 0 fully saturated rings. The standard InChI is InChI=1S/C21H20N4O3S3/c1-28-19(27)17-12-7-3-2-4-9-14(12)30-18(17)22-16(26)11-29-20-23-24-21-25(20)13-8-5-6-10-15(13)31-21/h5-6,8,10H,2-4,7,9,11H2,1H3,(H,22,26). The van der Waals surface area contributed by atoms with Crippen molar-refractivity contribution in [2.75, 3.05) is 18.2 Å². The minimum Gasteiger partial charge on any atom is -0.465 e. The molecule has 7 nitrogen and oxygen atoms in total. The molecule has 5 rings (SSSR count). The molecule has 3 aromatic heterocycles. The number of hydrogen-bond acceptors (Lipinski definition) is 8. The van der Waals surface area contributed by atoms with Gasteiger partial charge in [-0.05, 0) is 43.4 Å². The van der Waals surface area contributed by atoms with Gasteiger partial charge in [0.2, 0.25) is 10.9 Å². The summed E-state index contributed by atoms with van der Waals surface area (Å²) in [5.41, 5.74) is 2.60. The maximum Gasteiger partial charge on any atom is 0.341 e. The van der Waals surface area contributed by atoms with E-state index in [2.05, 4.69) is 15.5 Å². The van der Waals surface area contributed by atoms with E-state index in [1.165, 1.54) is 35.1 Å². The van der Waals surface area contributed by atoms with E-state index in [9.17, 15) is 9.59 Å². The minimum absolute atomic E-state index is 0.175. The van der Waals surface area contributed by atoms with Crippen LogP contribution in [0.4, 0.5) is 5.00 Å². The Labute approximate surface area is 190 Å². The quantitative estimate of drug-likeness (QED) is 0.255. The van der Waals surface area contributed by atoms with Gasteiger partial charge in [-0.25, -0.2) is 4.79 Å². The van der Waals surface area contributed by atoms with E-state index in [4.69, 9.17) is 4.74 Å². The van der Waals surface area contributed by atoms with Crippen LogP contribution >= 0.6 is 34.4 Å². The first-order valence-electron chi connectivity index (χ1n) is 10.0. The van der Waals surface area contributed by atoms with Crippen molar-refractivity contribution < 1.29 is 14.3 Å². The molecule has 3 heterocycles. The number of nitrogens with one attached hydrogen (secondary N) is 1. The summed E-state index contributed by atoms with van der Waals surface area (Å²) in [6, 6.07) is 8.04. The number of esters is 1. The number of fused-ring (bicyclic) bond motifs is 4. The lowest BCUT2D eigenvalue weighted by Gasteiger charge is -2.07. The second kappa shape index (κ2) is 8.60. The first-order valence-corrected chi connectivity index (χ1v) is 12.7. The molecule has 0 radical (unpaired) electrons. The predicted octanol–water partition coefficient (Wildman–Crippen LogP) is 4.79. The molecule has 160 valence electrons. The molecule has 0 bridgehead atoms. The monoisotopic (exact) mass is 472 g/mol. The van der Waals surface area contributed by atoms with E-state index < -0.39 is 0 Å². The number of aryl methyl sites for hydroxylation is 1. The molecule has 1 N–H and O–H groups in total. The largest absolute Gasteiger partial charge is 0.465 e.